The highest BCUT2D eigenvalue weighted by Crippen LogP contribution is 2.18. The highest BCUT2D eigenvalue weighted by atomic mass is 35.5. The smallest absolute Gasteiger partial charge is 0.239 e. The van der Waals surface area contributed by atoms with Gasteiger partial charge in [-0.2, -0.15) is 0 Å². The highest BCUT2D eigenvalue weighted by Gasteiger charge is 2.26. The van der Waals surface area contributed by atoms with Crippen LogP contribution in [0.5, 0.6) is 0 Å². The lowest BCUT2D eigenvalue weighted by molar-refractivity contribution is -0.133. The average molecular weight is 263 g/mol. The van der Waals surface area contributed by atoms with Crippen LogP contribution in [-0.2, 0) is 4.79 Å². The molecule has 1 amide bonds. The van der Waals surface area contributed by atoms with Crippen molar-refractivity contribution in [2.24, 2.45) is 17.6 Å². The van der Waals surface area contributed by atoms with Crippen molar-refractivity contribution in [2.75, 3.05) is 13.1 Å². The fourth-order valence-corrected chi connectivity index (χ4v) is 2.19. The zero-order valence-corrected chi connectivity index (χ0v) is 12.1. The quantitative estimate of drug-likeness (QED) is 0.849. The van der Waals surface area contributed by atoms with E-state index in [0.717, 1.165) is 38.3 Å². The summed E-state index contributed by atoms with van der Waals surface area (Å²) in [5.74, 6) is 1.19. The van der Waals surface area contributed by atoms with Crippen LogP contribution in [0.2, 0.25) is 0 Å². The first-order valence-electron chi connectivity index (χ1n) is 6.60. The second-order valence-corrected chi connectivity index (χ2v) is 5.27. The SMILES string of the molecule is CCC(C)C(N)C(=O)N1CCCC(C)CC1.Cl. The number of nitrogens with two attached hydrogens (primary N) is 1. The van der Waals surface area contributed by atoms with Crippen molar-refractivity contribution < 1.29 is 4.79 Å². The van der Waals surface area contributed by atoms with E-state index in [1.54, 1.807) is 0 Å². The first kappa shape index (κ1) is 16.7. The van der Waals surface area contributed by atoms with Gasteiger partial charge in [-0.05, 0) is 31.1 Å². The zero-order chi connectivity index (χ0) is 12.1. The molecule has 0 aliphatic carbocycles. The van der Waals surface area contributed by atoms with Crippen LogP contribution in [0, 0.1) is 11.8 Å². The summed E-state index contributed by atoms with van der Waals surface area (Å²) in [4.78, 5) is 14.1. The Hall–Kier alpha value is -0.280. The lowest BCUT2D eigenvalue weighted by atomic mass is 9.99. The molecule has 0 aromatic rings. The maximum atomic E-state index is 12.2. The second-order valence-electron chi connectivity index (χ2n) is 5.27. The number of halogens is 1. The van der Waals surface area contributed by atoms with Gasteiger partial charge in [0.1, 0.15) is 0 Å². The monoisotopic (exact) mass is 262 g/mol. The Morgan fingerprint density at radius 2 is 2.06 bits per heavy atom. The Balaban J connectivity index is 0.00000256. The molecule has 2 N–H and O–H groups in total. The number of likely N-dealkylation sites (tertiary alicyclic amines) is 1. The molecular formula is C13H27ClN2O. The van der Waals surface area contributed by atoms with Crippen LogP contribution < -0.4 is 5.73 Å². The third-order valence-corrected chi connectivity index (χ3v) is 3.87. The van der Waals surface area contributed by atoms with Gasteiger partial charge < -0.3 is 10.6 Å². The van der Waals surface area contributed by atoms with Crippen molar-refractivity contribution in [3.05, 3.63) is 0 Å². The van der Waals surface area contributed by atoms with E-state index in [2.05, 4.69) is 20.8 Å². The number of carbonyl (C=O) groups is 1. The van der Waals surface area contributed by atoms with Gasteiger partial charge in [-0.15, -0.1) is 12.4 Å². The summed E-state index contributed by atoms with van der Waals surface area (Å²) < 4.78 is 0. The number of nitrogens with zero attached hydrogens (tertiary/aromatic N) is 1. The number of amides is 1. The molecular weight excluding hydrogens is 236 g/mol. The predicted molar refractivity (Wildman–Crippen MR) is 74.3 cm³/mol. The normalized spacial score (nSPS) is 24.5. The van der Waals surface area contributed by atoms with Crippen LogP contribution in [0.1, 0.15) is 46.5 Å². The van der Waals surface area contributed by atoms with Crippen molar-refractivity contribution in [1.82, 2.24) is 4.90 Å². The molecule has 0 aromatic carbocycles. The molecule has 0 aromatic heterocycles. The first-order valence-corrected chi connectivity index (χ1v) is 6.60. The van der Waals surface area contributed by atoms with Crippen LogP contribution in [0.15, 0.2) is 0 Å². The molecule has 0 spiro atoms. The maximum Gasteiger partial charge on any atom is 0.239 e. The molecule has 102 valence electrons. The minimum Gasteiger partial charge on any atom is -0.341 e. The summed E-state index contributed by atoms with van der Waals surface area (Å²) in [6.45, 7) is 8.20. The van der Waals surface area contributed by atoms with E-state index in [9.17, 15) is 4.79 Å². The van der Waals surface area contributed by atoms with Gasteiger partial charge in [0.15, 0.2) is 0 Å². The molecule has 1 heterocycles. The van der Waals surface area contributed by atoms with Gasteiger partial charge in [0.25, 0.3) is 0 Å². The Labute approximate surface area is 112 Å². The van der Waals surface area contributed by atoms with E-state index in [1.165, 1.54) is 6.42 Å². The summed E-state index contributed by atoms with van der Waals surface area (Å²) in [6, 6.07) is -0.307. The van der Waals surface area contributed by atoms with Crippen LogP contribution in [0.25, 0.3) is 0 Å². The summed E-state index contributed by atoms with van der Waals surface area (Å²) in [7, 11) is 0. The minimum absolute atomic E-state index is 0. The Kier molecular flexibility index (Phi) is 7.80. The summed E-state index contributed by atoms with van der Waals surface area (Å²) in [5.41, 5.74) is 6.00. The molecule has 1 saturated heterocycles. The van der Waals surface area contributed by atoms with E-state index in [0.29, 0.717) is 0 Å². The van der Waals surface area contributed by atoms with Gasteiger partial charge in [0, 0.05) is 13.1 Å². The lowest BCUT2D eigenvalue weighted by Gasteiger charge is -2.26. The van der Waals surface area contributed by atoms with Crippen molar-refractivity contribution >= 4 is 18.3 Å². The van der Waals surface area contributed by atoms with Crippen molar-refractivity contribution in [1.29, 1.82) is 0 Å². The molecule has 1 fully saturated rings. The number of hydrogen-bond donors (Lipinski definition) is 1. The Morgan fingerprint density at radius 3 is 2.65 bits per heavy atom. The summed E-state index contributed by atoms with van der Waals surface area (Å²) in [5, 5.41) is 0. The van der Waals surface area contributed by atoms with E-state index in [1.807, 2.05) is 4.90 Å². The van der Waals surface area contributed by atoms with Gasteiger partial charge in [0.2, 0.25) is 5.91 Å². The average Bonchev–Trinajstić information content (AvgIpc) is 2.51. The van der Waals surface area contributed by atoms with Crippen LogP contribution in [0.4, 0.5) is 0 Å². The van der Waals surface area contributed by atoms with Crippen LogP contribution in [0.3, 0.4) is 0 Å². The first-order chi connectivity index (χ1) is 7.56. The van der Waals surface area contributed by atoms with E-state index >= 15 is 0 Å². The van der Waals surface area contributed by atoms with Crippen LogP contribution in [-0.4, -0.2) is 29.9 Å². The number of carbonyl (C=O) groups excluding carboxylic acids is 1. The van der Waals surface area contributed by atoms with Crippen molar-refractivity contribution in [3.8, 4) is 0 Å². The Bertz CT molecular complexity index is 235. The van der Waals surface area contributed by atoms with E-state index in [4.69, 9.17) is 5.73 Å². The van der Waals surface area contributed by atoms with Gasteiger partial charge in [-0.25, -0.2) is 0 Å². The molecule has 0 bridgehead atoms. The molecule has 3 atom stereocenters. The fraction of sp³-hybridized carbons (Fsp3) is 0.923. The number of rotatable bonds is 3. The fourth-order valence-electron chi connectivity index (χ4n) is 2.19. The topological polar surface area (TPSA) is 46.3 Å². The van der Waals surface area contributed by atoms with Crippen molar-refractivity contribution in [3.63, 3.8) is 0 Å². The third kappa shape index (κ3) is 4.84. The number of hydrogen-bond acceptors (Lipinski definition) is 2. The maximum absolute atomic E-state index is 12.2. The van der Waals surface area contributed by atoms with E-state index < -0.39 is 0 Å². The van der Waals surface area contributed by atoms with Gasteiger partial charge in [-0.1, -0.05) is 27.2 Å². The largest absolute Gasteiger partial charge is 0.341 e. The Morgan fingerprint density at radius 1 is 1.41 bits per heavy atom. The molecule has 3 nitrogen and oxygen atoms in total. The molecule has 3 unspecified atom stereocenters. The standard InChI is InChI=1S/C13H26N2O.ClH/c1-4-11(3)12(14)13(16)15-8-5-6-10(2)7-9-15;/h10-12H,4-9,14H2,1-3H3;1H. The predicted octanol–water partition coefficient (Wildman–Crippen LogP) is 2.43. The molecule has 1 aliphatic rings. The van der Waals surface area contributed by atoms with Gasteiger partial charge in [0.05, 0.1) is 6.04 Å². The summed E-state index contributed by atoms with van der Waals surface area (Å²) >= 11 is 0. The molecule has 17 heavy (non-hydrogen) atoms. The minimum atomic E-state index is -0.307. The van der Waals surface area contributed by atoms with Crippen LogP contribution >= 0.6 is 12.4 Å². The second kappa shape index (κ2) is 7.93. The molecule has 4 heteroatoms. The highest BCUT2D eigenvalue weighted by molar-refractivity contribution is 5.85. The molecule has 0 saturated carbocycles. The molecule has 0 radical (unpaired) electrons. The van der Waals surface area contributed by atoms with Crippen molar-refractivity contribution in [2.45, 2.75) is 52.5 Å². The third-order valence-electron chi connectivity index (χ3n) is 3.87. The molecule has 1 aliphatic heterocycles. The van der Waals surface area contributed by atoms with Gasteiger partial charge >= 0.3 is 0 Å². The zero-order valence-electron chi connectivity index (χ0n) is 11.3. The summed E-state index contributed by atoms with van der Waals surface area (Å²) in [6.07, 6.45) is 4.46. The van der Waals surface area contributed by atoms with E-state index in [-0.39, 0.29) is 30.3 Å². The lowest BCUT2D eigenvalue weighted by Crippen LogP contribution is -2.47. The molecule has 1 rings (SSSR count). The van der Waals surface area contributed by atoms with Gasteiger partial charge in [-0.3, -0.25) is 4.79 Å².